The lowest BCUT2D eigenvalue weighted by molar-refractivity contribution is -0.144. The molecule has 0 saturated carbocycles. The summed E-state index contributed by atoms with van der Waals surface area (Å²) < 4.78 is 41.7. The van der Waals surface area contributed by atoms with E-state index in [4.69, 9.17) is 4.74 Å². The Bertz CT molecular complexity index is 377. The molecule has 2 nitrogen and oxygen atoms in total. The van der Waals surface area contributed by atoms with Gasteiger partial charge in [0.25, 0.3) is 0 Å². The first kappa shape index (κ1) is 13.8. The fourth-order valence-corrected chi connectivity index (χ4v) is 1.68. The second kappa shape index (κ2) is 5.40. The smallest absolute Gasteiger partial charge is 0.401 e. The third kappa shape index (κ3) is 4.65. The SMILES string of the molecule is COc1ccc(C)cc1CN(C)CC(F)(F)F. The lowest BCUT2D eigenvalue weighted by atomic mass is 10.1. The fourth-order valence-electron chi connectivity index (χ4n) is 1.68. The Morgan fingerprint density at radius 2 is 1.94 bits per heavy atom. The van der Waals surface area contributed by atoms with Crippen LogP contribution < -0.4 is 4.74 Å². The summed E-state index contributed by atoms with van der Waals surface area (Å²) in [6.07, 6.45) is -4.17. The maximum Gasteiger partial charge on any atom is 0.401 e. The number of nitrogens with zero attached hydrogens (tertiary/aromatic N) is 1. The molecular weight excluding hydrogens is 231 g/mol. The standard InChI is InChI=1S/C12H16F3NO/c1-9-4-5-11(17-3)10(6-9)7-16(2)8-12(13,14)15/h4-6H,7-8H2,1-3H3. The monoisotopic (exact) mass is 247 g/mol. The van der Waals surface area contributed by atoms with Crippen molar-refractivity contribution < 1.29 is 17.9 Å². The van der Waals surface area contributed by atoms with E-state index in [1.54, 1.807) is 6.07 Å². The van der Waals surface area contributed by atoms with Crippen LogP contribution in [0.2, 0.25) is 0 Å². The van der Waals surface area contributed by atoms with E-state index in [0.717, 1.165) is 11.1 Å². The van der Waals surface area contributed by atoms with Crippen LogP contribution in [0.3, 0.4) is 0 Å². The van der Waals surface area contributed by atoms with Gasteiger partial charge >= 0.3 is 6.18 Å². The predicted octanol–water partition coefficient (Wildman–Crippen LogP) is 3.00. The molecule has 0 atom stereocenters. The van der Waals surface area contributed by atoms with Gasteiger partial charge in [-0.05, 0) is 20.0 Å². The topological polar surface area (TPSA) is 12.5 Å². The zero-order valence-corrected chi connectivity index (χ0v) is 10.1. The molecule has 0 aromatic heterocycles. The maximum absolute atomic E-state index is 12.2. The highest BCUT2D eigenvalue weighted by Gasteiger charge is 2.29. The molecule has 1 aromatic carbocycles. The molecule has 96 valence electrons. The molecule has 0 aliphatic rings. The van der Waals surface area contributed by atoms with Gasteiger partial charge in [-0.25, -0.2) is 0 Å². The van der Waals surface area contributed by atoms with E-state index in [1.807, 2.05) is 19.1 Å². The molecule has 1 aromatic rings. The molecular formula is C12H16F3NO. The Morgan fingerprint density at radius 1 is 1.29 bits per heavy atom. The second-order valence-electron chi connectivity index (χ2n) is 4.10. The number of aryl methyl sites for hydroxylation is 1. The van der Waals surface area contributed by atoms with Crippen molar-refractivity contribution in [2.45, 2.75) is 19.6 Å². The van der Waals surface area contributed by atoms with Crippen LogP contribution in [0.4, 0.5) is 13.2 Å². The molecule has 0 unspecified atom stereocenters. The van der Waals surface area contributed by atoms with Gasteiger partial charge in [0.15, 0.2) is 0 Å². The van der Waals surface area contributed by atoms with Crippen molar-refractivity contribution in [1.82, 2.24) is 4.90 Å². The van der Waals surface area contributed by atoms with Crippen LogP contribution in [-0.4, -0.2) is 31.8 Å². The van der Waals surface area contributed by atoms with Gasteiger partial charge in [0.1, 0.15) is 5.75 Å². The first-order valence-electron chi connectivity index (χ1n) is 5.20. The summed E-state index contributed by atoms with van der Waals surface area (Å²) in [4.78, 5) is 1.22. The van der Waals surface area contributed by atoms with E-state index in [0.29, 0.717) is 5.75 Å². The van der Waals surface area contributed by atoms with E-state index in [-0.39, 0.29) is 6.54 Å². The Labute approximate surface area is 99.0 Å². The molecule has 0 spiro atoms. The van der Waals surface area contributed by atoms with Crippen molar-refractivity contribution >= 4 is 0 Å². The lowest BCUT2D eigenvalue weighted by Crippen LogP contribution is -2.30. The lowest BCUT2D eigenvalue weighted by Gasteiger charge is -2.20. The zero-order chi connectivity index (χ0) is 13.1. The second-order valence-corrected chi connectivity index (χ2v) is 4.10. The molecule has 0 fully saturated rings. The van der Waals surface area contributed by atoms with Crippen LogP contribution in [0.15, 0.2) is 18.2 Å². The van der Waals surface area contributed by atoms with Crippen molar-refractivity contribution in [3.05, 3.63) is 29.3 Å². The highest BCUT2D eigenvalue weighted by atomic mass is 19.4. The van der Waals surface area contributed by atoms with Crippen molar-refractivity contribution in [3.8, 4) is 5.75 Å². The maximum atomic E-state index is 12.2. The van der Waals surface area contributed by atoms with Crippen LogP contribution >= 0.6 is 0 Å². The Morgan fingerprint density at radius 3 is 2.47 bits per heavy atom. The number of hydrogen-bond acceptors (Lipinski definition) is 2. The number of halogens is 3. The summed E-state index contributed by atoms with van der Waals surface area (Å²) in [6, 6.07) is 5.48. The van der Waals surface area contributed by atoms with E-state index in [1.165, 1.54) is 19.1 Å². The van der Waals surface area contributed by atoms with Gasteiger partial charge in [0.05, 0.1) is 13.7 Å². The van der Waals surface area contributed by atoms with Gasteiger partial charge in [-0.2, -0.15) is 13.2 Å². The fraction of sp³-hybridized carbons (Fsp3) is 0.500. The van der Waals surface area contributed by atoms with Crippen molar-refractivity contribution in [1.29, 1.82) is 0 Å². The largest absolute Gasteiger partial charge is 0.496 e. The minimum atomic E-state index is -4.17. The molecule has 0 amide bonds. The number of methoxy groups -OCH3 is 1. The Kier molecular flexibility index (Phi) is 4.40. The molecule has 0 aliphatic carbocycles. The molecule has 0 N–H and O–H groups in total. The number of rotatable bonds is 4. The molecule has 0 aliphatic heterocycles. The summed E-state index contributed by atoms with van der Waals surface area (Å²) in [7, 11) is 2.95. The van der Waals surface area contributed by atoms with Crippen LogP contribution in [0.25, 0.3) is 0 Å². The summed E-state index contributed by atoms with van der Waals surface area (Å²) in [6.45, 7) is 1.18. The average molecular weight is 247 g/mol. The molecule has 0 bridgehead atoms. The first-order chi connectivity index (χ1) is 7.81. The molecule has 1 rings (SSSR count). The summed E-state index contributed by atoms with van der Waals surface area (Å²) in [5.74, 6) is 0.615. The van der Waals surface area contributed by atoms with Crippen LogP contribution in [0.5, 0.6) is 5.75 Å². The van der Waals surface area contributed by atoms with Crippen LogP contribution in [0.1, 0.15) is 11.1 Å². The van der Waals surface area contributed by atoms with Gasteiger partial charge in [-0.1, -0.05) is 17.7 Å². The molecule has 0 saturated heterocycles. The number of alkyl halides is 3. The van der Waals surface area contributed by atoms with Crippen molar-refractivity contribution in [2.24, 2.45) is 0 Å². The van der Waals surface area contributed by atoms with E-state index >= 15 is 0 Å². The summed E-state index contributed by atoms with van der Waals surface area (Å²) in [5, 5.41) is 0. The van der Waals surface area contributed by atoms with Crippen molar-refractivity contribution in [2.75, 3.05) is 20.7 Å². The summed E-state index contributed by atoms with van der Waals surface area (Å²) in [5.41, 5.74) is 1.76. The Hall–Kier alpha value is -1.23. The first-order valence-corrected chi connectivity index (χ1v) is 5.20. The molecule has 5 heteroatoms. The number of hydrogen-bond donors (Lipinski definition) is 0. The van der Waals surface area contributed by atoms with E-state index < -0.39 is 12.7 Å². The highest BCUT2D eigenvalue weighted by Crippen LogP contribution is 2.23. The number of ether oxygens (including phenoxy) is 1. The average Bonchev–Trinajstić information content (AvgIpc) is 2.14. The van der Waals surface area contributed by atoms with E-state index in [2.05, 4.69) is 0 Å². The van der Waals surface area contributed by atoms with Gasteiger partial charge < -0.3 is 4.74 Å². The van der Waals surface area contributed by atoms with Gasteiger partial charge in [-0.3, -0.25) is 4.90 Å². The van der Waals surface area contributed by atoms with Gasteiger partial charge in [0, 0.05) is 12.1 Å². The third-order valence-electron chi connectivity index (χ3n) is 2.33. The number of benzene rings is 1. The quantitative estimate of drug-likeness (QED) is 0.811. The third-order valence-corrected chi connectivity index (χ3v) is 2.33. The van der Waals surface area contributed by atoms with Crippen LogP contribution in [-0.2, 0) is 6.54 Å². The Balaban J connectivity index is 2.76. The molecule has 0 radical (unpaired) electrons. The van der Waals surface area contributed by atoms with Crippen LogP contribution in [0, 0.1) is 6.92 Å². The minimum absolute atomic E-state index is 0.213. The van der Waals surface area contributed by atoms with Gasteiger partial charge in [-0.15, -0.1) is 0 Å². The normalized spacial score (nSPS) is 11.9. The molecule has 17 heavy (non-hydrogen) atoms. The van der Waals surface area contributed by atoms with Gasteiger partial charge in [0.2, 0.25) is 0 Å². The zero-order valence-electron chi connectivity index (χ0n) is 10.1. The van der Waals surface area contributed by atoms with E-state index in [9.17, 15) is 13.2 Å². The predicted molar refractivity (Wildman–Crippen MR) is 60.1 cm³/mol. The highest BCUT2D eigenvalue weighted by molar-refractivity contribution is 5.36. The van der Waals surface area contributed by atoms with Crippen molar-refractivity contribution in [3.63, 3.8) is 0 Å². The molecule has 0 heterocycles. The summed E-state index contributed by atoms with van der Waals surface area (Å²) >= 11 is 0. The minimum Gasteiger partial charge on any atom is -0.496 e.